The summed E-state index contributed by atoms with van der Waals surface area (Å²) >= 11 is 0. The van der Waals surface area contributed by atoms with Crippen LogP contribution in [0, 0.1) is 6.92 Å². The van der Waals surface area contributed by atoms with Crippen molar-refractivity contribution < 1.29 is 36.7 Å². The van der Waals surface area contributed by atoms with Gasteiger partial charge >= 0.3 is 10.1 Å². The Kier molecular flexibility index (Phi) is 8.32. The van der Waals surface area contributed by atoms with Gasteiger partial charge in [0.25, 0.3) is 0 Å². The van der Waals surface area contributed by atoms with Gasteiger partial charge in [-0.2, -0.15) is 8.42 Å². The predicted octanol–water partition coefficient (Wildman–Crippen LogP) is 5.19. The van der Waals surface area contributed by atoms with Crippen molar-refractivity contribution in [3.63, 3.8) is 0 Å². The highest BCUT2D eigenvalue weighted by molar-refractivity contribution is 7.87. The minimum atomic E-state index is -4.24. The highest BCUT2D eigenvalue weighted by Crippen LogP contribution is 2.40. The number of aryl methyl sites for hydroxylation is 1. The molecular formula is C30H32O8S. The Morgan fingerprint density at radius 1 is 1.10 bits per heavy atom. The minimum absolute atomic E-state index is 0.00405. The number of Topliss-reactive ketones (excluding diaryl/α,β-unsaturated/α-hetero) is 1. The molecule has 206 valence electrons. The van der Waals surface area contributed by atoms with Crippen molar-refractivity contribution >= 4 is 15.9 Å². The first-order valence-corrected chi connectivity index (χ1v) is 13.9. The lowest BCUT2D eigenvalue weighted by Crippen LogP contribution is -2.33. The van der Waals surface area contributed by atoms with E-state index in [-0.39, 0.29) is 35.0 Å². The Morgan fingerprint density at radius 2 is 1.85 bits per heavy atom. The Balaban J connectivity index is 1.63. The van der Waals surface area contributed by atoms with E-state index in [1.54, 1.807) is 36.4 Å². The Labute approximate surface area is 228 Å². The summed E-state index contributed by atoms with van der Waals surface area (Å²) in [6.45, 7) is 8.92. The lowest BCUT2D eigenvalue weighted by atomic mass is 9.92. The smallest absolute Gasteiger partial charge is 0.339 e. The molecule has 4 rings (SSSR count). The second-order valence-electron chi connectivity index (χ2n) is 9.87. The van der Waals surface area contributed by atoms with Gasteiger partial charge in [0.15, 0.2) is 12.4 Å². The van der Waals surface area contributed by atoms with Gasteiger partial charge in [0, 0.05) is 17.2 Å². The predicted molar refractivity (Wildman–Crippen MR) is 146 cm³/mol. The molecule has 0 aliphatic carbocycles. The second kappa shape index (κ2) is 11.5. The molecule has 3 aromatic carbocycles. The van der Waals surface area contributed by atoms with Crippen LogP contribution in [0.5, 0.6) is 23.0 Å². The third-order valence-corrected chi connectivity index (χ3v) is 7.56. The van der Waals surface area contributed by atoms with Crippen LogP contribution in [0.1, 0.15) is 47.3 Å². The fraction of sp³-hybridized carbons (Fsp3) is 0.300. The molecule has 1 aliphatic rings. The number of ether oxygens (including phenoxy) is 3. The summed E-state index contributed by atoms with van der Waals surface area (Å²) < 4.78 is 49.0. The first-order valence-electron chi connectivity index (χ1n) is 12.5. The maximum absolute atomic E-state index is 13.4. The Bertz CT molecular complexity index is 1470. The van der Waals surface area contributed by atoms with Crippen molar-refractivity contribution in [1.29, 1.82) is 0 Å². The van der Waals surface area contributed by atoms with Crippen LogP contribution in [-0.2, 0) is 23.1 Å². The van der Waals surface area contributed by atoms with Crippen LogP contribution in [0.4, 0.5) is 0 Å². The van der Waals surface area contributed by atoms with Gasteiger partial charge in [-0.05, 0) is 70.0 Å². The molecule has 0 bridgehead atoms. The van der Waals surface area contributed by atoms with Crippen LogP contribution in [0.2, 0.25) is 0 Å². The van der Waals surface area contributed by atoms with Crippen LogP contribution in [-0.4, -0.2) is 38.1 Å². The normalized spacial score (nSPS) is 14.1. The van der Waals surface area contributed by atoms with Gasteiger partial charge in [0.05, 0.1) is 12.2 Å². The molecule has 0 amide bonds. The van der Waals surface area contributed by atoms with Gasteiger partial charge in [0.2, 0.25) is 5.78 Å². The van der Waals surface area contributed by atoms with Crippen LogP contribution in [0.25, 0.3) is 0 Å². The van der Waals surface area contributed by atoms with E-state index in [1.807, 2.05) is 20.8 Å². The summed E-state index contributed by atoms with van der Waals surface area (Å²) in [6, 6.07) is 14.0. The standard InChI is InChI=1S/C30H32O8S/c1-5-16-35-22-9-12-24(28(17-22)38-39(33,34)23-10-6-20(2)7-11-23)26(32)19-36-29-21(18-31)8-13-27-25(29)14-15-30(3,4)37-27/h5-13,17,31H,1,14-16,18-19H2,2-4H3. The molecule has 0 saturated carbocycles. The van der Waals surface area contributed by atoms with Crippen molar-refractivity contribution in [2.45, 2.75) is 50.7 Å². The van der Waals surface area contributed by atoms with E-state index < -0.39 is 22.5 Å². The Morgan fingerprint density at radius 3 is 2.54 bits per heavy atom. The molecule has 0 unspecified atom stereocenters. The van der Waals surface area contributed by atoms with Crippen molar-refractivity contribution in [1.82, 2.24) is 0 Å². The van der Waals surface area contributed by atoms with Crippen molar-refractivity contribution in [3.8, 4) is 23.0 Å². The first kappa shape index (κ1) is 28.2. The average molecular weight is 553 g/mol. The molecule has 3 aromatic rings. The van der Waals surface area contributed by atoms with Gasteiger partial charge < -0.3 is 23.5 Å². The third kappa shape index (κ3) is 6.61. The van der Waals surface area contributed by atoms with Gasteiger partial charge in [-0.25, -0.2) is 0 Å². The van der Waals surface area contributed by atoms with Crippen molar-refractivity contribution in [3.05, 3.63) is 89.5 Å². The van der Waals surface area contributed by atoms with E-state index in [4.69, 9.17) is 18.4 Å². The topological polar surface area (TPSA) is 108 Å². The molecule has 0 spiro atoms. The molecule has 1 heterocycles. The summed E-state index contributed by atoms with van der Waals surface area (Å²) in [5.41, 5.74) is 1.85. The van der Waals surface area contributed by atoms with E-state index in [0.29, 0.717) is 29.2 Å². The molecular weight excluding hydrogens is 520 g/mol. The quantitative estimate of drug-likeness (QED) is 0.197. The molecule has 1 N–H and O–H groups in total. The molecule has 9 heteroatoms. The SMILES string of the molecule is C=CCOc1ccc(C(=O)COc2c(CO)ccc3c2CCC(C)(C)O3)c(OS(=O)(=O)c2ccc(C)cc2)c1. The van der Waals surface area contributed by atoms with Crippen LogP contribution in [0.3, 0.4) is 0 Å². The van der Waals surface area contributed by atoms with E-state index in [0.717, 1.165) is 17.5 Å². The van der Waals surface area contributed by atoms with Gasteiger partial charge in [-0.1, -0.05) is 30.4 Å². The van der Waals surface area contributed by atoms with Crippen LogP contribution >= 0.6 is 0 Å². The van der Waals surface area contributed by atoms with Crippen LogP contribution in [0.15, 0.2) is 72.1 Å². The molecule has 0 aromatic heterocycles. The number of carbonyl (C=O) groups excluding carboxylic acids is 1. The summed E-state index contributed by atoms with van der Waals surface area (Å²) in [5, 5.41) is 9.89. The second-order valence-corrected chi connectivity index (χ2v) is 11.4. The highest BCUT2D eigenvalue weighted by Gasteiger charge is 2.30. The van der Waals surface area contributed by atoms with Crippen molar-refractivity contribution in [2.75, 3.05) is 13.2 Å². The summed E-state index contributed by atoms with van der Waals surface area (Å²) in [6.07, 6.45) is 2.93. The van der Waals surface area contributed by atoms with Crippen LogP contribution < -0.4 is 18.4 Å². The summed E-state index contributed by atoms with van der Waals surface area (Å²) in [5.74, 6) is 0.634. The number of ketones is 1. The zero-order valence-corrected chi connectivity index (χ0v) is 23.0. The summed E-state index contributed by atoms with van der Waals surface area (Å²) in [7, 11) is -4.24. The third-order valence-electron chi connectivity index (χ3n) is 6.31. The fourth-order valence-electron chi connectivity index (χ4n) is 4.20. The molecule has 39 heavy (non-hydrogen) atoms. The zero-order valence-electron chi connectivity index (χ0n) is 22.2. The number of aliphatic hydroxyl groups excluding tert-OH is 1. The number of rotatable bonds is 11. The lowest BCUT2D eigenvalue weighted by molar-refractivity contribution is 0.0813. The van der Waals surface area contributed by atoms with E-state index in [9.17, 15) is 18.3 Å². The molecule has 0 fully saturated rings. The first-order chi connectivity index (χ1) is 18.5. The molecule has 0 atom stereocenters. The molecule has 1 aliphatic heterocycles. The summed E-state index contributed by atoms with van der Waals surface area (Å²) in [4.78, 5) is 13.3. The Hall–Kier alpha value is -3.82. The minimum Gasteiger partial charge on any atom is -0.489 e. The maximum atomic E-state index is 13.4. The molecule has 0 radical (unpaired) electrons. The van der Waals surface area contributed by atoms with Gasteiger partial charge in [-0.3, -0.25) is 4.79 Å². The number of aliphatic hydroxyl groups is 1. The van der Waals surface area contributed by atoms with E-state index in [2.05, 4.69) is 6.58 Å². The molecule has 0 saturated heterocycles. The fourth-order valence-corrected chi connectivity index (χ4v) is 5.14. The highest BCUT2D eigenvalue weighted by atomic mass is 32.2. The largest absolute Gasteiger partial charge is 0.489 e. The zero-order chi connectivity index (χ0) is 28.2. The number of hydrogen-bond donors (Lipinski definition) is 1. The molecule has 8 nitrogen and oxygen atoms in total. The van der Waals surface area contributed by atoms with Crippen molar-refractivity contribution in [2.24, 2.45) is 0 Å². The van der Waals surface area contributed by atoms with E-state index in [1.165, 1.54) is 24.3 Å². The number of benzene rings is 3. The monoisotopic (exact) mass is 552 g/mol. The lowest BCUT2D eigenvalue weighted by Gasteiger charge is -2.33. The number of fused-ring (bicyclic) bond motifs is 1. The van der Waals surface area contributed by atoms with Gasteiger partial charge in [-0.15, -0.1) is 0 Å². The van der Waals surface area contributed by atoms with E-state index >= 15 is 0 Å². The number of hydrogen-bond acceptors (Lipinski definition) is 8. The average Bonchev–Trinajstić information content (AvgIpc) is 2.89. The van der Waals surface area contributed by atoms with Gasteiger partial charge in [0.1, 0.15) is 34.4 Å². The number of carbonyl (C=O) groups is 1. The maximum Gasteiger partial charge on any atom is 0.339 e.